The molecule has 0 unspecified atom stereocenters. The summed E-state index contributed by atoms with van der Waals surface area (Å²) < 4.78 is 118. The Hall–Kier alpha value is -2.79. The predicted octanol–water partition coefficient (Wildman–Crippen LogP) is 7.87. The van der Waals surface area contributed by atoms with Gasteiger partial charge < -0.3 is 4.90 Å². The van der Waals surface area contributed by atoms with Crippen molar-refractivity contribution in [3.05, 3.63) is 54.1 Å². The van der Waals surface area contributed by atoms with E-state index in [1.54, 1.807) is 24.3 Å². The van der Waals surface area contributed by atoms with Gasteiger partial charge in [0.15, 0.2) is 0 Å². The summed E-state index contributed by atoms with van der Waals surface area (Å²) in [5, 5.41) is 7.56. The van der Waals surface area contributed by atoms with E-state index in [0.29, 0.717) is 5.69 Å². The van der Waals surface area contributed by atoms with Crippen molar-refractivity contribution < 1.29 is 39.5 Å². The van der Waals surface area contributed by atoms with Gasteiger partial charge in [-0.25, -0.2) is 0 Å². The van der Waals surface area contributed by atoms with Crippen LogP contribution in [-0.2, 0) is 5.92 Å². The van der Waals surface area contributed by atoms with E-state index in [9.17, 15) is 39.5 Å². The van der Waals surface area contributed by atoms with Crippen LogP contribution in [0.1, 0.15) is 19.4 Å². The molecule has 2 aromatic rings. The SMILES string of the molecule is CCN(CC)c1ccc(N=Nc2ccc(C(F)(F)C(F)(F)C(F)(F)C(F)(F)F)cc2)cc1. The Morgan fingerprint density at radius 1 is 0.625 bits per heavy atom. The zero-order chi connectivity index (χ0) is 24.4. The summed E-state index contributed by atoms with van der Waals surface area (Å²) in [4.78, 5) is 2.07. The fourth-order valence-electron chi connectivity index (χ4n) is 2.73. The lowest BCUT2D eigenvalue weighted by molar-refractivity contribution is -0.399. The van der Waals surface area contributed by atoms with E-state index in [0.717, 1.165) is 30.9 Å². The van der Waals surface area contributed by atoms with Crippen LogP contribution in [0.2, 0.25) is 0 Å². The third kappa shape index (κ3) is 4.68. The van der Waals surface area contributed by atoms with Crippen molar-refractivity contribution in [2.24, 2.45) is 10.2 Å². The van der Waals surface area contributed by atoms with Crippen LogP contribution in [-0.4, -0.2) is 31.1 Å². The van der Waals surface area contributed by atoms with Crippen molar-refractivity contribution in [1.29, 1.82) is 0 Å². The molecule has 12 heteroatoms. The maximum atomic E-state index is 13.9. The second kappa shape index (κ2) is 8.99. The molecule has 0 spiro atoms. The first kappa shape index (κ1) is 25.5. The highest BCUT2D eigenvalue weighted by Crippen LogP contribution is 2.56. The molecule has 0 aliphatic heterocycles. The molecule has 0 aromatic heterocycles. The van der Waals surface area contributed by atoms with E-state index in [1.165, 1.54) is 0 Å². The molecule has 0 heterocycles. The molecule has 0 aliphatic carbocycles. The number of benzene rings is 2. The largest absolute Gasteiger partial charge is 0.460 e. The second-order valence-electron chi connectivity index (χ2n) is 6.66. The van der Waals surface area contributed by atoms with Crippen molar-refractivity contribution in [3.63, 3.8) is 0 Å². The first-order valence-corrected chi connectivity index (χ1v) is 9.26. The number of nitrogens with zero attached hydrogens (tertiary/aromatic N) is 3. The average molecular weight is 471 g/mol. The van der Waals surface area contributed by atoms with Crippen molar-refractivity contribution >= 4 is 17.1 Å². The Morgan fingerprint density at radius 2 is 1.03 bits per heavy atom. The van der Waals surface area contributed by atoms with Gasteiger partial charge in [-0.2, -0.15) is 49.7 Å². The first-order chi connectivity index (χ1) is 14.7. The van der Waals surface area contributed by atoms with E-state index in [2.05, 4.69) is 15.1 Å². The Kier molecular flexibility index (Phi) is 7.15. The number of hydrogen-bond donors (Lipinski definition) is 0. The first-order valence-electron chi connectivity index (χ1n) is 9.26. The zero-order valence-corrected chi connectivity index (χ0v) is 16.8. The lowest BCUT2D eigenvalue weighted by Crippen LogP contribution is -2.59. The van der Waals surface area contributed by atoms with Crippen molar-refractivity contribution in [1.82, 2.24) is 0 Å². The monoisotopic (exact) mass is 471 g/mol. The van der Waals surface area contributed by atoms with Gasteiger partial charge in [-0.15, -0.1) is 0 Å². The summed E-state index contributed by atoms with van der Waals surface area (Å²) in [7, 11) is 0. The molecule has 0 amide bonds. The Labute approximate surface area is 177 Å². The van der Waals surface area contributed by atoms with Crippen LogP contribution in [0.4, 0.5) is 56.6 Å². The molecule has 0 saturated heterocycles. The van der Waals surface area contributed by atoms with Crippen LogP contribution in [0, 0.1) is 0 Å². The fraction of sp³-hybridized carbons (Fsp3) is 0.400. The molecule has 176 valence electrons. The second-order valence-corrected chi connectivity index (χ2v) is 6.66. The number of azo groups is 1. The van der Waals surface area contributed by atoms with Crippen LogP contribution in [0.25, 0.3) is 0 Å². The molecule has 2 aromatic carbocycles. The quantitative estimate of drug-likeness (QED) is 0.284. The predicted molar refractivity (Wildman–Crippen MR) is 100 cm³/mol. The standard InChI is InChI=1S/C20H18F9N3/c1-3-32(4-2)16-11-9-15(10-12-16)31-30-14-7-5-13(6-8-14)17(21,22)18(23,24)19(25,26)20(27,28)29/h5-12H,3-4H2,1-2H3. The summed E-state index contributed by atoms with van der Waals surface area (Å²) in [6.07, 6.45) is -6.87. The topological polar surface area (TPSA) is 28.0 Å². The molecule has 0 radical (unpaired) electrons. The van der Waals surface area contributed by atoms with E-state index in [1.807, 2.05) is 13.8 Å². The highest BCUT2D eigenvalue weighted by atomic mass is 19.4. The third-order valence-corrected chi connectivity index (χ3v) is 4.63. The van der Waals surface area contributed by atoms with Gasteiger partial charge in [0, 0.05) is 24.3 Å². The molecule has 0 fully saturated rings. The number of hydrogen-bond acceptors (Lipinski definition) is 3. The minimum absolute atomic E-state index is 0.108. The van der Waals surface area contributed by atoms with Crippen molar-refractivity contribution in [2.45, 2.75) is 37.8 Å². The molecular formula is C20H18F9N3. The van der Waals surface area contributed by atoms with Crippen LogP contribution < -0.4 is 4.90 Å². The van der Waals surface area contributed by atoms with E-state index in [4.69, 9.17) is 0 Å². The Bertz CT molecular complexity index is 917. The van der Waals surface area contributed by atoms with Gasteiger partial charge in [-0.1, -0.05) is 12.1 Å². The summed E-state index contributed by atoms with van der Waals surface area (Å²) in [5.41, 5.74) is -0.527. The Morgan fingerprint density at radius 3 is 1.41 bits per heavy atom. The lowest BCUT2D eigenvalue weighted by Gasteiger charge is -2.33. The minimum atomic E-state index is -6.95. The fourth-order valence-corrected chi connectivity index (χ4v) is 2.73. The normalized spacial score (nSPS) is 13.6. The molecule has 0 atom stereocenters. The van der Waals surface area contributed by atoms with Crippen LogP contribution in [0.3, 0.4) is 0 Å². The number of alkyl halides is 9. The zero-order valence-electron chi connectivity index (χ0n) is 16.8. The summed E-state index contributed by atoms with van der Waals surface area (Å²) in [5.74, 6) is -19.5. The van der Waals surface area contributed by atoms with Crippen molar-refractivity contribution in [3.8, 4) is 0 Å². The van der Waals surface area contributed by atoms with Gasteiger partial charge >= 0.3 is 23.9 Å². The van der Waals surface area contributed by atoms with Gasteiger partial charge in [0.1, 0.15) is 0 Å². The Balaban J connectivity index is 2.22. The number of rotatable bonds is 8. The van der Waals surface area contributed by atoms with Gasteiger partial charge in [-0.3, -0.25) is 0 Å². The van der Waals surface area contributed by atoms with E-state index < -0.39 is 29.5 Å². The maximum absolute atomic E-state index is 13.9. The van der Waals surface area contributed by atoms with E-state index >= 15 is 0 Å². The lowest BCUT2D eigenvalue weighted by atomic mass is 9.96. The molecule has 3 nitrogen and oxygen atoms in total. The molecule has 0 N–H and O–H groups in total. The van der Waals surface area contributed by atoms with Gasteiger partial charge in [0.25, 0.3) is 0 Å². The molecule has 0 saturated carbocycles. The van der Waals surface area contributed by atoms with Gasteiger partial charge in [-0.05, 0) is 50.2 Å². The maximum Gasteiger partial charge on any atom is 0.460 e. The summed E-state index contributed by atoms with van der Waals surface area (Å²) in [6, 6.07) is 8.87. The van der Waals surface area contributed by atoms with E-state index in [-0.39, 0.29) is 17.8 Å². The molecule has 2 rings (SSSR count). The smallest absolute Gasteiger partial charge is 0.372 e. The summed E-state index contributed by atoms with van der Waals surface area (Å²) in [6.45, 7) is 5.51. The summed E-state index contributed by atoms with van der Waals surface area (Å²) >= 11 is 0. The van der Waals surface area contributed by atoms with Crippen molar-refractivity contribution in [2.75, 3.05) is 18.0 Å². The molecule has 0 bridgehead atoms. The average Bonchev–Trinajstić information content (AvgIpc) is 2.73. The van der Waals surface area contributed by atoms with Crippen LogP contribution in [0.5, 0.6) is 0 Å². The van der Waals surface area contributed by atoms with Gasteiger partial charge in [0.2, 0.25) is 0 Å². The minimum Gasteiger partial charge on any atom is -0.372 e. The van der Waals surface area contributed by atoms with Gasteiger partial charge in [0.05, 0.1) is 11.4 Å². The highest BCUT2D eigenvalue weighted by molar-refractivity contribution is 5.53. The molecule has 0 aliphatic rings. The third-order valence-electron chi connectivity index (χ3n) is 4.63. The highest BCUT2D eigenvalue weighted by Gasteiger charge is 2.81. The molecular weight excluding hydrogens is 453 g/mol. The van der Waals surface area contributed by atoms with Crippen LogP contribution in [0.15, 0.2) is 58.8 Å². The molecule has 32 heavy (non-hydrogen) atoms. The van der Waals surface area contributed by atoms with Crippen LogP contribution >= 0.6 is 0 Å². The number of anilines is 1. The number of halogens is 9.